The Morgan fingerprint density at radius 1 is 1.05 bits per heavy atom. The Labute approximate surface area is 122 Å². The first kappa shape index (κ1) is 16.2. The number of nitrogens with one attached hydrogen (secondary N) is 1. The second-order valence-electron chi connectivity index (χ2n) is 6.89. The molecular formula is C17H31F2N. The van der Waals surface area contributed by atoms with E-state index in [-0.39, 0.29) is 12.8 Å². The Balaban J connectivity index is 2.02. The highest BCUT2D eigenvalue weighted by Crippen LogP contribution is 2.43. The number of hydrogen-bond donors (Lipinski definition) is 1. The summed E-state index contributed by atoms with van der Waals surface area (Å²) in [5, 5.41) is 3.67. The Morgan fingerprint density at radius 2 is 1.70 bits per heavy atom. The van der Waals surface area contributed by atoms with E-state index in [1.807, 2.05) is 0 Å². The molecule has 118 valence electrons. The zero-order chi connectivity index (χ0) is 14.6. The van der Waals surface area contributed by atoms with Crippen molar-refractivity contribution in [2.45, 2.75) is 83.6 Å². The normalized spacial score (nSPS) is 33.0. The number of hydrogen-bond acceptors (Lipinski definition) is 1. The summed E-state index contributed by atoms with van der Waals surface area (Å²) in [6.45, 7) is 5.40. The van der Waals surface area contributed by atoms with Gasteiger partial charge in [0.2, 0.25) is 5.92 Å². The lowest BCUT2D eigenvalue weighted by molar-refractivity contribution is -0.0544. The molecular weight excluding hydrogens is 256 g/mol. The summed E-state index contributed by atoms with van der Waals surface area (Å²) in [5.41, 5.74) is 0. The van der Waals surface area contributed by atoms with E-state index in [1.54, 1.807) is 0 Å². The largest absolute Gasteiger partial charge is 0.314 e. The van der Waals surface area contributed by atoms with Gasteiger partial charge in [0.05, 0.1) is 0 Å². The lowest BCUT2D eigenvalue weighted by atomic mass is 9.68. The van der Waals surface area contributed by atoms with E-state index >= 15 is 0 Å². The van der Waals surface area contributed by atoms with Crippen LogP contribution in [0.15, 0.2) is 0 Å². The van der Waals surface area contributed by atoms with Crippen LogP contribution in [0.3, 0.4) is 0 Å². The van der Waals surface area contributed by atoms with Crippen molar-refractivity contribution in [3.05, 3.63) is 0 Å². The molecule has 2 rings (SSSR count). The summed E-state index contributed by atoms with van der Waals surface area (Å²) in [6.07, 6.45) is 8.17. The third-order valence-electron chi connectivity index (χ3n) is 5.66. The van der Waals surface area contributed by atoms with Crippen LogP contribution < -0.4 is 5.32 Å². The second kappa shape index (κ2) is 7.20. The molecule has 2 saturated carbocycles. The molecule has 0 aromatic rings. The molecule has 0 radical (unpaired) electrons. The zero-order valence-corrected chi connectivity index (χ0v) is 13.1. The van der Waals surface area contributed by atoms with Crippen LogP contribution in [0.25, 0.3) is 0 Å². The summed E-state index contributed by atoms with van der Waals surface area (Å²) in [7, 11) is 0. The first-order valence-corrected chi connectivity index (χ1v) is 8.68. The minimum Gasteiger partial charge on any atom is -0.314 e. The molecule has 2 aliphatic rings. The zero-order valence-electron chi connectivity index (χ0n) is 13.1. The van der Waals surface area contributed by atoms with Crippen molar-refractivity contribution < 1.29 is 8.78 Å². The molecule has 20 heavy (non-hydrogen) atoms. The fourth-order valence-electron chi connectivity index (χ4n) is 4.54. The summed E-state index contributed by atoms with van der Waals surface area (Å²) in [5.74, 6) is -0.420. The molecule has 1 nitrogen and oxygen atoms in total. The number of rotatable bonds is 5. The van der Waals surface area contributed by atoms with E-state index in [0.717, 1.165) is 12.5 Å². The molecule has 0 spiro atoms. The Kier molecular flexibility index (Phi) is 5.83. The van der Waals surface area contributed by atoms with E-state index in [2.05, 4.69) is 19.2 Å². The van der Waals surface area contributed by atoms with Crippen LogP contribution in [0.1, 0.15) is 71.6 Å². The second-order valence-corrected chi connectivity index (χ2v) is 6.89. The van der Waals surface area contributed by atoms with Gasteiger partial charge in [-0.25, -0.2) is 8.78 Å². The minimum atomic E-state index is -2.40. The average Bonchev–Trinajstić information content (AvgIpc) is 2.45. The molecule has 0 aromatic carbocycles. The van der Waals surface area contributed by atoms with Crippen molar-refractivity contribution in [1.82, 2.24) is 5.32 Å². The predicted octanol–water partition coefficient (Wildman–Crippen LogP) is 5.01. The maximum absolute atomic E-state index is 13.4. The van der Waals surface area contributed by atoms with E-state index in [0.29, 0.717) is 30.7 Å². The van der Waals surface area contributed by atoms with Crippen molar-refractivity contribution in [3.63, 3.8) is 0 Å². The highest BCUT2D eigenvalue weighted by Gasteiger charge is 2.41. The van der Waals surface area contributed by atoms with Crippen LogP contribution in [0.5, 0.6) is 0 Å². The molecule has 3 unspecified atom stereocenters. The fraction of sp³-hybridized carbons (Fsp3) is 1.00. The van der Waals surface area contributed by atoms with Crippen molar-refractivity contribution in [1.29, 1.82) is 0 Å². The summed E-state index contributed by atoms with van der Waals surface area (Å²) < 4.78 is 26.8. The van der Waals surface area contributed by atoms with Gasteiger partial charge in [0.25, 0.3) is 0 Å². The van der Waals surface area contributed by atoms with Crippen LogP contribution in [-0.4, -0.2) is 18.5 Å². The SMILES string of the molecule is CCNC(C1CCC(F)(F)CC1)C1CCCCC1CC. The maximum Gasteiger partial charge on any atom is 0.248 e. The van der Waals surface area contributed by atoms with Crippen LogP contribution in [-0.2, 0) is 0 Å². The Hall–Kier alpha value is -0.180. The summed E-state index contributed by atoms with van der Waals surface area (Å²) in [4.78, 5) is 0. The quantitative estimate of drug-likeness (QED) is 0.749. The molecule has 0 aliphatic heterocycles. The molecule has 3 heteroatoms. The van der Waals surface area contributed by atoms with Gasteiger partial charge in [0.1, 0.15) is 0 Å². The number of alkyl halides is 2. The van der Waals surface area contributed by atoms with E-state index in [4.69, 9.17) is 0 Å². The van der Waals surface area contributed by atoms with Crippen molar-refractivity contribution in [2.24, 2.45) is 17.8 Å². The topological polar surface area (TPSA) is 12.0 Å². The summed E-state index contributed by atoms with van der Waals surface area (Å²) >= 11 is 0. The lowest BCUT2D eigenvalue weighted by Crippen LogP contribution is -2.47. The molecule has 0 aromatic heterocycles. The molecule has 3 atom stereocenters. The monoisotopic (exact) mass is 287 g/mol. The van der Waals surface area contributed by atoms with Gasteiger partial charge < -0.3 is 5.32 Å². The van der Waals surface area contributed by atoms with Crippen LogP contribution in [0.4, 0.5) is 8.78 Å². The van der Waals surface area contributed by atoms with Gasteiger partial charge in [-0.05, 0) is 43.6 Å². The van der Waals surface area contributed by atoms with Crippen molar-refractivity contribution in [2.75, 3.05) is 6.54 Å². The summed E-state index contributed by atoms with van der Waals surface area (Å²) in [6, 6.07) is 0.473. The molecule has 0 heterocycles. The van der Waals surface area contributed by atoms with Gasteiger partial charge in [-0.15, -0.1) is 0 Å². The Bertz CT molecular complexity index is 283. The highest BCUT2D eigenvalue weighted by molar-refractivity contribution is 4.92. The Morgan fingerprint density at radius 3 is 2.30 bits per heavy atom. The third kappa shape index (κ3) is 3.93. The first-order chi connectivity index (χ1) is 9.57. The van der Waals surface area contributed by atoms with Crippen LogP contribution in [0, 0.1) is 17.8 Å². The third-order valence-corrected chi connectivity index (χ3v) is 5.66. The number of halogens is 2. The van der Waals surface area contributed by atoms with Gasteiger partial charge in [0, 0.05) is 18.9 Å². The van der Waals surface area contributed by atoms with Gasteiger partial charge >= 0.3 is 0 Å². The van der Waals surface area contributed by atoms with E-state index < -0.39 is 5.92 Å². The van der Waals surface area contributed by atoms with E-state index in [9.17, 15) is 8.78 Å². The molecule has 2 aliphatic carbocycles. The first-order valence-electron chi connectivity index (χ1n) is 8.68. The van der Waals surface area contributed by atoms with Gasteiger partial charge in [-0.3, -0.25) is 0 Å². The van der Waals surface area contributed by atoms with Crippen LogP contribution in [0.2, 0.25) is 0 Å². The predicted molar refractivity (Wildman–Crippen MR) is 80.1 cm³/mol. The molecule has 0 saturated heterocycles. The maximum atomic E-state index is 13.4. The van der Waals surface area contributed by atoms with Gasteiger partial charge in [-0.1, -0.05) is 39.5 Å². The van der Waals surface area contributed by atoms with Crippen molar-refractivity contribution >= 4 is 0 Å². The standard InChI is InChI=1S/C17H31F2N/c1-3-13-7-5-6-8-15(13)16(20-4-2)14-9-11-17(18,19)12-10-14/h13-16,20H,3-12H2,1-2H3. The van der Waals surface area contributed by atoms with Gasteiger partial charge in [0.15, 0.2) is 0 Å². The molecule has 2 fully saturated rings. The lowest BCUT2D eigenvalue weighted by Gasteiger charge is -2.43. The molecule has 0 amide bonds. The van der Waals surface area contributed by atoms with E-state index in [1.165, 1.54) is 32.1 Å². The van der Waals surface area contributed by atoms with Crippen LogP contribution >= 0.6 is 0 Å². The van der Waals surface area contributed by atoms with Crippen molar-refractivity contribution in [3.8, 4) is 0 Å². The fourth-order valence-corrected chi connectivity index (χ4v) is 4.54. The van der Waals surface area contributed by atoms with Gasteiger partial charge in [-0.2, -0.15) is 0 Å². The highest BCUT2D eigenvalue weighted by atomic mass is 19.3. The molecule has 1 N–H and O–H groups in total. The molecule has 0 bridgehead atoms. The minimum absolute atomic E-state index is 0.100. The smallest absolute Gasteiger partial charge is 0.248 e. The average molecular weight is 287 g/mol.